The van der Waals surface area contributed by atoms with Crippen LogP contribution in [0.3, 0.4) is 0 Å². The van der Waals surface area contributed by atoms with Crippen LogP contribution < -0.4 is 0 Å². The fourth-order valence-corrected chi connectivity index (χ4v) is 2.43. The molecule has 2 heteroatoms. The van der Waals surface area contributed by atoms with E-state index in [1.54, 1.807) is 0 Å². The third-order valence-corrected chi connectivity index (χ3v) is 3.26. The average molecular weight is 217 g/mol. The largest absolute Gasteiger partial charge is 0.623 e. The molecule has 16 heavy (non-hydrogen) atoms. The van der Waals surface area contributed by atoms with Crippen molar-refractivity contribution >= 4 is 5.71 Å². The van der Waals surface area contributed by atoms with E-state index >= 15 is 0 Å². The summed E-state index contributed by atoms with van der Waals surface area (Å²) in [5.74, 6) is 0. The summed E-state index contributed by atoms with van der Waals surface area (Å²) in [6.45, 7) is 10.2. The summed E-state index contributed by atoms with van der Waals surface area (Å²) in [6.07, 6.45) is 0. The number of fused-ring (bicyclic) bond motifs is 1. The molecule has 1 aromatic carbocycles. The van der Waals surface area contributed by atoms with Gasteiger partial charge in [-0.2, -0.15) is 4.74 Å². The van der Waals surface area contributed by atoms with Gasteiger partial charge in [0.15, 0.2) is 5.54 Å². The number of rotatable bonds is 0. The molecule has 0 saturated carbocycles. The van der Waals surface area contributed by atoms with Gasteiger partial charge in [-0.05, 0) is 6.07 Å². The second kappa shape index (κ2) is 3.09. The van der Waals surface area contributed by atoms with Crippen LogP contribution in [0.15, 0.2) is 24.3 Å². The molecule has 0 atom stereocenters. The zero-order chi connectivity index (χ0) is 12.1. The molecule has 2 nitrogen and oxygen atoms in total. The molecule has 0 amide bonds. The first kappa shape index (κ1) is 11.2. The molecule has 0 spiro atoms. The van der Waals surface area contributed by atoms with Crippen molar-refractivity contribution in [3.63, 3.8) is 0 Å². The summed E-state index contributed by atoms with van der Waals surface area (Å²) in [7, 11) is 0. The number of nitrogens with zero attached hydrogens (tertiary/aromatic N) is 1. The van der Waals surface area contributed by atoms with Crippen LogP contribution in [-0.4, -0.2) is 10.5 Å². The molecule has 1 aliphatic rings. The van der Waals surface area contributed by atoms with Crippen molar-refractivity contribution in [1.29, 1.82) is 0 Å². The number of hydrogen-bond acceptors (Lipinski definition) is 1. The van der Waals surface area contributed by atoms with Gasteiger partial charge in [-0.3, -0.25) is 0 Å². The van der Waals surface area contributed by atoms with Gasteiger partial charge in [0.2, 0.25) is 5.71 Å². The summed E-state index contributed by atoms with van der Waals surface area (Å²) in [5.41, 5.74) is 2.57. The van der Waals surface area contributed by atoms with E-state index in [9.17, 15) is 5.21 Å². The second-order valence-corrected chi connectivity index (χ2v) is 6.00. The van der Waals surface area contributed by atoms with E-state index in [1.807, 2.05) is 26.0 Å². The summed E-state index contributed by atoms with van der Waals surface area (Å²) in [6, 6.07) is 8.11. The van der Waals surface area contributed by atoms with Crippen LogP contribution in [0.25, 0.3) is 0 Å². The quantitative estimate of drug-likeness (QED) is 0.484. The minimum atomic E-state index is -0.445. The highest BCUT2D eigenvalue weighted by Gasteiger charge is 2.46. The smallest absolute Gasteiger partial charge is 0.201 e. The van der Waals surface area contributed by atoms with Crippen LogP contribution in [0, 0.1) is 10.6 Å². The molecule has 0 N–H and O–H groups in total. The van der Waals surface area contributed by atoms with Crippen molar-refractivity contribution in [2.24, 2.45) is 5.41 Å². The molecule has 1 heterocycles. The molecular formula is C14H19NO. The topological polar surface area (TPSA) is 26.1 Å². The second-order valence-electron chi connectivity index (χ2n) is 6.00. The predicted octanol–water partition coefficient (Wildman–Crippen LogP) is 3.28. The molecule has 0 saturated heterocycles. The van der Waals surface area contributed by atoms with Gasteiger partial charge in [-0.15, -0.1) is 0 Å². The first-order chi connectivity index (χ1) is 7.26. The van der Waals surface area contributed by atoms with E-state index in [2.05, 4.69) is 32.9 Å². The Morgan fingerprint density at radius 2 is 1.69 bits per heavy atom. The summed E-state index contributed by atoms with van der Waals surface area (Å²) >= 11 is 0. The van der Waals surface area contributed by atoms with Gasteiger partial charge >= 0.3 is 0 Å². The lowest BCUT2D eigenvalue weighted by Crippen LogP contribution is -2.32. The fourth-order valence-electron chi connectivity index (χ4n) is 2.43. The predicted molar refractivity (Wildman–Crippen MR) is 66.7 cm³/mol. The fraction of sp³-hybridized carbons (Fsp3) is 0.500. The van der Waals surface area contributed by atoms with E-state index in [0.717, 1.165) is 16.8 Å². The molecule has 86 valence electrons. The Morgan fingerprint density at radius 3 is 2.25 bits per heavy atom. The minimum Gasteiger partial charge on any atom is -0.623 e. The number of benzene rings is 1. The number of hydrogen-bond donors (Lipinski definition) is 0. The van der Waals surface area contributed by atoms with Gasteiger partial charge in [-0.25, -0.2) is 0 Å². The normalized spacial score (nSPS) is 18.8. The Morgan fingerprint density at radius 1 is 1.12 bits per heavy atom. The lowest BCUT2D eigenvalue weighted by molar-refractivity contribution is -0.546. The molecule has 0 radical (unpaired) electrons. The highest BCUT2D eigenvalue weighted by Crippen LogP contribution is 2.38. The average Bonchev–Trinajstić information content (AvgIpc) is 2.35. The summed E-state index contributed by atoms with van der Waals surface area (Å²) < 4.78 is 1.18. The Balaban J connectivity index is 2.75. The molecular weight excluding hydrogens is 198 g/mol. The maximum atomic E-state index is 12.4. The molecule has 2 rings (SSSR count). The van der Waals surface area contributed by atoms with Gasteiger partial charge in [-0.1, -0.05) is 39.0 Å². The van der Waals surface area contributed by atoms with Gasteiger partial charge in [0.05, 0.1) is 5.56 Å². The third-order valence-electron chi connectivity index (χ3n) is 3.26. The molecule has 1 aromatic rings. The van der Waals surface area contributed by atoms with Crippen LogP contribution >= 0.6 is 0 Å². The van der Waals surface area contributed by atoms with Gasteiger partial charge in [0.1, 0.15) is 0 Å². The summed E-state index contributed by atoms with van der Waals surface area (Å²) in [4.78, 5) is 0. The molecule has 0 unspecified atom stereocenters. The molecule has 0 aliphatic carbocycles. The standard InChI is InChI=1S/C14H19NO/c1-13(2,3)12-10-8-6-7-9-11(10)14(4,5)15(12)16/h6-9H,1-5H3. The zero-order valence-corrected chi connectivity index (χ0v) is 10.7. The molecule has 0 bridgehead atoms. The maximum absolute atomic E-state index is 12.4. The lowest BCUT2D eigenvalue weighted by atomic mass is 9.84. The molecule has 0 aromatic heterocycles. The first-order valence-electron chi connectivity index (χ1n) is 5.71. The Hall–Kier alpha value is -1.31. The van der Waals surface area contributed by atoms with E-state index in [4.69, 9.17) is 0 Å². The Labute approximate surface area is 97.2 Å². The lowest BCUT2D eigenvalue weighted by Gasteiger charge is -2.22. The molecule has 0 fully saturated rings. The summed E-state index contributed by atoms with van der Waals surface area (Å²) in [5, 5.41) is 12.4. The maximum Gasteiger partial charge on any atom is 0.201 e. The van der Waals surface area contributed by atoms with E-state index in [0.29, 0.717) is 0 Å². The van der Waals surface area contributed by atoms with Crippen molar-refractivity contribution in [3.05, 3.63) is 40.6 Å². The van der Waals surface area contributed by atoms with Crippen molar-refractivity contribution in [2.75, 3.05) is 0 Å². The SMILES string of the molecule is CC(C)(C)C1=[N+]([O-])C(C)(C)c2ccccc21. The van der Waals surface area contributed by atoms with Crippen LogP contribution in [0.5, 0.6) is 0 Å². The van der Waals surface area contributed by atoms with Crippen LogP contribution in [0.4, 0.5) is 0 Å². The molecule has 1 aliphatic heterocycles. The van der Waals surface area contributed by atoms with E-state index in [1.165, 1.54) is 4.74 Å². The van der Waals surface area contributed by atoms with Gasteiger partial charge in [0.25, 0.3) is 0 Å². The zero-order valence-electron chi connectivity index (χ0n) is 10.7. The minimum absolute atomic E-state index is 0.119. The highest BCUT2D eigenvalue weighted by molar-refractivity contribution is 6.03. The van der Waals surface area contributed by atoms with Crippen LogP contribution in [-0.2, 0) is 5.54 Å². The highest BCUT2D eigenvalue weighted by atomic mass is 16.5. The Bertz CT molecular complexity index is 464. The van der Waals surface area contributed by atoms with Crippen molar-refractivity contribution in [3.8, 4) is 0 Å². The van der Waals surface area contributed by atoms with E-state index in [-0.39, 0.29) is 5.41 Å². The third kappa shape index (κ3) is 1.36. The number of hydroxylamine groups is 1. The van der Waals surface area contributed by atoms with Crippen LogP contribution in [0.1, 0.15) is 45.7 Å². The van der Waals surface area contributed by atoms with E-state index < -0.39 is 5.54 Å². The van der Waals surface area contributed by atoms with Crippen molar-refractivity contribution < 1.29 is 4.74 Å². The van der Waals surface area contributed by atoms with Gasteiger partial charge in [0, 0.05) is 24.8 Å². The van der Waals surface area contributed by atoms with Crippen molar-refractivity contribution in [1.82, 2.24) is 0 Å². The van der Waals surface area contributed by atoms with Crippen molar-refractivity contribution in [2.45, 2.75) is 40.2 Å². The van der Waals surface area contributed by atoms with Gasteiger partial charge < -0.3 is 5.21 Å². The van der Waals surface area contributed by atoms with Crippen LogP contribution in [0.2, 0.25) is 0 Å². The Kier molecular flexibility index (Phi) is 2.16. The monoisotopic (exact) mass is 217 g/mol. The first-order valence-corrected chi connectivity index (χ1v) is 5.71.